The van der Waals surface area contributed by atoms with Gasteiger partial charge >= 0.3 is 5.97 Å². The van der Waals surface area contributed by atoms with Crippen molar-refractivity contribution in [2.75, 3.05) is 12.4 Å². The summed E-state index contributed by atoms with van der Waals surface area (Å²) >= 11 is 0. The Kier molecular flexibility index (Phi) is 4.26. The number of halogens is 1. The van der Waals surface area contributed by atoms with Crippen LogP contribution in [0.2, 0.25) is 0 Å². The second-order valence-electron chi connectivity index (χ2n) is 4.81. The Balaban J connectivity index is 2.19. The number of esters is 1. The van der Waals surface area contributed by atoms with E-state index in [4.69, 9.17) is 0 Å². The summed E-state index contributed by atoms with van der Waals surface area (Å²) in [6, 6.07) is 4.28. The first kappa shape index (κ1) is 15.0. The fourth-order valence-electron chi connectivity index (χ4n) is 2.17. The minimum absolute atomic E-state index is 0.0814. The van der Waals surface area contributed by atoms with E-state index < -0.39 is 11.8 Å². The summed E-state index contributed by atoms with van der Waals surface area (Å²) in [5, 5.41) is 7.51. The Labute approximate surface area is 122 Å². The van der Waals surface area contributed by atoms with E-state index in [9.17, 15) is 9.18 Å². The fourth-order valence-corrected chi connectivity index (χ4v) is 2.17. The van der Waals surface area contributed by atoms with Crippen LogP contribution in [0, 0.1) is 19.7 Å². The van der Waals surface area contributed by atoms with Gasteiger partial charge in [0.25, 0.3) is 0 Å². The number of carbonyl (C=O) groups is 1. The molecule has 0 aliphatic heterocycles. The number of nitrogens with one attached hydrogen (secondary N) is 1. The van der Waals surface area contributed by atoms with Crippen molar-refractivity contribution in [3.05, 3.63) is 46.5 Å². The van der Waals surface area contributed by atoms with E-state index in [1.807, 2.05) is 25.6 Å². The number of hydrogen-bond acceptors (Lipinski definition) is 4. The number of methoxy groups -OCH3 is 1. The standard InChI is InChI=1S/C15H18FN3O2/c1-9-13(10(2)19(3)18-9)8-17-11-5-6-14(16)12(7-11)15(20)21-4/h5-7,17H,8H2,1-4H3. The van der Waals surface area contributed by atoms with Crippen LogP contribution >= 0.6 is 0 Å². The van der Waals surface area contributed by atoms with Gasteiger partial charge in [0.1, 0.15) is 5.82 Å². The molecule has 1 heterocycles. The van der Waals surface area contributed by atoms with E-state index in [0.29, 0.717) is 12.2 Å². The molecule has 0 radical (unpaired) electrons. The SMILES string of the molecule is COC(=O)c1cc(NCc2c(C)nn(C)c2C)ccc1F. The van der Waals surface area contributed by atoms with Gasteiger partial charge in [-0.25, -0.2) is 9.18 Å². The number of aromatic nitrogens is 2. The molecular formula is C15H18FN3O2. The molecule has 5 nitrogen and oxygen atoms in total. The minimum Gasteiger partial charge on any atom is -0.465 e. The Hall–Kier alpha value is -2.37. The molecule has 2 rings (SSSR count). The topological polar surface area (TPSA) is 56.1 Å². The van der Waals surface area contributed by atoms with Crippen LogP contribution in [0.25, 0.3) is 0 Å². The second kappa shape index (κ2) is 5.95. The van der Waals surface area contributed by atoms with Crippen LogP contribution in [0.5, 0.6) is 0 Å². The highest BCUT2D eigenvalue weighted by molar-refractivity contribution is 5.90. The zero-order valence-corrected chi connectivity index (χ0v) is 12.5. The molecular weight excluding hydrogens is 273 g/mol. The van der Waals surface area contributed by atoms with Crippen molar-refractivity contribution in [3.8, 4) is 0 Å². The lowest BCUT2D eigenvalue weighted by molar-refractivity contribution is 0.0595. The first-order chi connectivity index (χ1) is 9.93. The first-order valence-electron chi connectivity index (χ1n) is 6.55. The van der Waals surface area contributed by atoms with Crippen molar-refractivity contribution in [2.24, 2.45) is 7.05 Å². The van der Waals surface area contributed by atoms with Crippen LogP contribution in [-0.4, -0.2) is 22.9 Å². The van der Waals surface area contributed by atoms with Gasteiger partial charge in [-0.2, -0.15) is 5.10 Å². The summed E-state index contributed by atoms with van der Waals surface area (Å²) in [6.45, 7) is 4.48. The van der Waals surface area contributed by atoms with Gasteiger partial charge in [0.15, 0.2) is 0 Å². The molecule has 0 bridgehead atoms. The first-order valence-corrected chi connectivity index (χ1v) is 6.55. The molecule has 21 heavy (non-hydrogen) atoms. The van der Waals surface area contributed by atoms with E-state index in [0.717, 1.165) is 17.0 Å². The van der Waals surface area contributed by atoms with Crippen molar-refractivity contribution in [1.29, 1.82) is 0 Å². The van der Waals surface area contributed by atoms with Crippen LogP contribution in [0.1, 0.15) is 27.3 Å². The third kappa shape index (κ3) is 3.04. The molecule has 0 fully saturated rings. The van der Waals surface area contributed by atoms with Crippen LogP contribution in [0.15, 0.2) is 18.2 Å². The molecule has 112 valence electrons. The van der Waals surface area contributed by atoms with Crippen LogP contribution in [-0.2, 0) is 18.3 Å². The van der Waals surface area contributed by atoms with Gasteiger partial charge < -0.3 is 10.1 Å². The number of benzene rings is 1. The highest BCUT2D eigenvalue weighted by Crippen LogP contribution is 2.18. The predicted molar refractivity (Wildman–Crippen MR) is 77.7 cm³/mol. The van der Waals surface area contributed by atoms with Crippen LogP contribution in [0.3, 0.4) is 0 Å². The number of carbonyl (C=O) groups excluding carboxylic acids is 1. The normalized spacial score (nSPS) is 10.5. The largest absolute Gasteiger partial charge is 0.465 e. The minimum atomic E-state index is -0.690. The van der Waals surface area contributed by atoms with E-state index in [2.05, 4.69) is 15.2 Å². The Bertz CT molecular complexity index is 680. The quantitative estimate of drug-likeness (QED) is 0.880. The lowest BCUT2D eigenvalue weighted by Gasteiger charge is -2.09. The lowest BCUT2D eigenvalue weighted by atomic mass is 10.1. The number of nitrogens with zero attached hydrogens (tertiary/aromatic N) is 2. The molecule has 0 unspecified atom stereocenters. The number of ether oxygens (including phenoxy) is 1. The Morgan fingerprint density at radius 2 is 2.14 bits per heavy atom. The molecule has 0 amide bonds. The van der Waals surface area contributed by atoms with Gasteiger partial charge in [0, 0.05) is 30.5 Å². The highest BCUT2D eigenvalue weighted by Gasteiger charge is 2.13. The summed E-state index contributed by atoms with van der Waals surface area (Å²) in [5.41, 5.74) is 3.66. The molecule has 0 atom stereocenters. The third-order valence-corrected chi connectivity index (χ3v) is 3.50. The molecule has 0 spiro atoms. The number of hydrogen-bond donors (Lipinski definition) is 1. The van der Waals surface area contributed by atoms with Gasteiger partial charge in [0.05, 0.1) is 18.4 Å². The second-order valence-corrected chi connectivity index (χ2v) is 4.81. The predicted octanol–water partition coefficient (Wildman–Crippen LogP) is 2.57. The van der Waals surface area contributed by atoms with Gasteiger partial charge in [-0.1, -0.05) is 0 Å². The smallest absolute Gasteiger partial charge is 0.340 e. The maximum absolute atomic E-state index is 13.6. The molecule has 6 heteroatoms. The van der Waals surface area contributed by atoms with Gasteiger partial charge in [-0.05, 0) is 32.0 Å². The summed E-state index contributed by atoms with van der Waals surface area (Å²) in [4.78, 5) is 11.5. The van der Waals surface area contributed by atoms with Crippen molar-refractivity contribution in [3.63, 3.8) is 0 Å². The Morgan fingerprint density at radius 1 is 1.43 bits per heavy atom. The van der Waals surface area contributed by atoms with Gasteiger partial charge in [-0.3, -0.25) is 4.68 Å². The molecule has 2 aromatic rings. The van der Waals surface area contributed by atoms with E-state index in [1.165, 1.54) is 19.2 Å². The number of rotatable bonds is 4. The average molecular weight is 291 g/mol. The van der Waals surface area contributed by atoms with E-state index >= 15 is 0 Å². The lowest BCUT2D eigenvalue weighted by Crippen LogP contribution is -2.07. The maximum Gasteiger partial charge on any atom is 0.340 e. The summed E-state index contributed by atoms with van der Waals surface area (Å²) < 4.78 is 19.9. The van der Waals surface area contributed by atoms with Crippen LogP contribution in [0.4, 0.5) is 10.1 Å². The van der Waals surface area contributed by atoms with Gasteiger partial charge in [-0.15, -0.1) is 0 Å². The van der Waals surface area contributed by atoms with Crippen molar-refractivity contribution < 1.29 is 13.9 Å². The van der Waals surface area contributed by atoms with Crippen molar-refractivity contribution >= 4 is 11.7 Å². The van der Waals surface area contributed by atoms with Crippen LogP contribution < -0.4 is 5.32 Å². The zero-order chi connectivity index (χ0) is 15.6. The molecule has 1 N–H and O–H groups in total. The third-order valence-electron chi connectivity index (χ3n) is 3.50. The molecule has 0 aliphatic rings. The van der Waals surface area contributed by atoms with Crippen molar-refractivity contribution in [1.82, 2.24) is 9.78 Å². The Morgan fingerprint density at radius 3 is 2.71 bits per heavy atom. The summed E-state index contributed by atoms with van der Waals surface area (Å²) in [5.74, 6) is -1.29. The summed E-state index contributed by atoms with van der Waals surface area (Å²) in [7, 11) is 3.11. The molecule has 1 aromatic carbocycles. The maximum atomic E-state index is 13.6. The molecule has 0 saturated heterocycles. The summed E-state index contributed by atoms with van der Waals surface area (Å²) in [6.07, 6.45) is 0. The molecule has 0 saturated carbocycles. The van der Waals surface area contributed by atoms with Gasteiger partial charge in [0.2, 0.25) is 0 Å². The number of aryl methyl sites for hydroxylation is 2. The molecule has 1 aromatic heterocycles. The van der Waals surface area contributed by atoms with E-state index in [-0.39, 0.29) is 5.56 Å². The number of anilines is 1. The molecule has 0 aliphatic carbocycles. The van der Waals surface area contributed by atoms with E-state index in [1.54, 1.807) is 6.07 Å². The highest BCUT2D eigenvalue weighted by atomic mass is 19.1. The average Bonchev–Trinajstić information content (AvgIpc) is 2.71. The fraction of sp³-hybridized carbons (Fsp3) is 0.333. The zero-order valence-electron chi connectivity index (χ0n) is 12.5. The van der Waals surface area contributed by atoms with Crippen molar-refractivity contribution in [2.45, 2.75) is 20.4 Å². The monoisotopic (exact) mass is 291 g/mol.